The minimum atomic E-state index is -0.177. The summed E-state index contributed by atoms with van der Waals surface area (Å²) in [6.07, 6.45) is 2.95. The molecule has 1 fully saturated rings. The van der Waals surface area contributed by atoms with E-state index in [9.17, 15) is 5.11 Å². The van der Waals surface area contributed by atoms with Crippen molar-refractivity contribution in [2.75, 3.05) is 6.61 Å². The van der Waals surface area contributed by atoms with Crippen LogP contribution in [0.3, 0.4) is 0 Å². The van der Waals surface area contributed by atoms with E-state index in [0.717, 1.165) is 32.4 Å². The zero-order valence-electron chi connectivity index (χ0n) is 11.1. The molecule has 18 heavy (non-hydrogen) atoms. The van der Waals surface area contributed by atoms with Gasteiger partial charge in [-0.25, -0.2) is 0 Å². The Labute approximate surface area is 109 Å². The lowest BCUT2D eigenvalue weighted by molar-refractivity contribution is 0.132. The van der Waals surface area contributed by atoms with Crippen molar-refractivity contribution in [2.45, 2.75) is 51.5 Å². The Morgan fingerprint density at radius 2 is 2.06 bits per heavy atom. The predicted molar refractivity (Wildman–Crippen MR) is 72.3 cm³/mol. The van der Waals surface area contributed by atoms with Gasteiger partial charge in [0, 0.05) is 19.2 Å². The summed E-state index contributed by atoms with van der Waals surface area (Å²) < 4.78 is 5.48. The Morgan fingerprint density at radius 1 is 1.28 bits per heavy atom. The molecule has 3 heteroatoms. The van der Waals surface area contributed by atoms with E-state index in [0.29, 0.717) is 6.61 Å². The van der Waals surface area contributed by atoms with Gasteiger partial charge in [0.2, 0.25) is 0 Å². The third-order valence-electron chi connectivity index (χ3n) is 3.61. The van der Waals surface area contributed by atoms with E-state index in [4.69, 9.17) is 4.74 Å². The van der Waals surface area contributed by atoms with Crippen LogP contribution in [0.1, 0.15) is 37.3 Å². The fraction of sp³-hybridized carbons (Fsp3) is 0.600. The Bertz CT molecular complexity index is 367. The topological polar surface area (TPSA) is 41.5 Å². The van der Waals surface area contributed by atoms with Gasteiger partial charge in [0.25, 0.3) is 0 Å². The van der Waals surface area contributed by atoms with Crippen LogP contribution in [0, 0.1) is 0 Å². The zero-order chi connectivity index (χ0) is 12.8. The molecule has 100 valence electrons. The lowest BCUT2D eigenvalue weighted by Gasteiger charge is -2.18. The van der Waals surface area contributed by atoms with Gasteiger partial charge in [-0.2, -0.15) is 0 Å². The van der Waals surface area contributed by atoms with Crippen molar-refractivity contribution in [1.29, 1.82) is 0 Å². The van der Waals surface area contributed by atoms with Gasteiger partial charge in [0.1, 0.15) is 0 Å². The quantitative estimate of drug-likeness (QED) is 0.812. The van der Waals surface area contributed by atoms with E-state index in [-0.39, 0.29) is 12.1 Å². The highest BCUT2D eigenvalue weighted by molar-refractivity contribution is 5.26. The number of aliphatic hydroxyl groups excluding tert-OH is 1. The number of ether oxygens (including phenoxy) is 1. The van der Waals surface area contributed by atoms with Crippen molar-refractivity contribution in [3.8, 4) is 0 Å². The smallest absolute Gasteiger partial charge is 0.0719 e. The second-order valence-corrected chi connectivity index (χ2v) is 4.89. The van der Waals surface area contributed by atoms with Gasteiger partial charge in [-0.1, -0.05) is 24.3 Å². The van der Waals surface area contributed by atoms with Crippen molar-refractivity contribution < 1.29 is 9.84 Å². The third kappa shape index (κ3) is 3.55. The molecular formula is C15H23NO2. The molecule has 2 atom stereocenters. The minimum absolute atomic E-state index is 0.177. The predicted octanol–water partition coefficient (Wildman–Crippen LogP) is 2.23. The molecular weight excluding hydrogens is 226 g/mol. The number of nitrogens with one attached hydrogen (secondary N) is 1. The molecule has 1 aromatic carbocycles. The zero-order valence-corrected chi connectivity index (χ0v) is 11.1. The molecule has 1 aliphatic carbocycles. The lowest BCUT2D eigenvalue weighted by atomic mass is 10.1. The van der Waals surface area contributed by atoms with Gasteiger partial charge in [0.05, 0.1) is 12.7 Å². The van der Waals surface area contributed by atoms with Gasteiger partial charge in [-0.3, -0.25) is 0 Å². The minimum Gasteiger partial charge on any atom is -0.392 e. The molecule has 1 saturated carbocycles. The number of aliphatic hydroxyl groups is 1. The van der Waals surface area contributed by atoms with Gasteiger partial charge in [0.15, 0.2) is 0 Å². The molecule has 0 bridgehead atoms. The van der Waals surface area contributed by atoms with E-state index >= 15 is 0 Å². The summed E-state index contributed by atoms with van der Waals surface area (Å²) >= 11 is 0. The van der Waals surface area contributed by atoms with Gasteiger partial charge >= 0.3 is 0 Å². The fourth-order valence-corrected chi connectivity index (χ4v) is 2.50. The Balaban J connectivity index is 1.91. The molecule has 2 rings (SSSR count). The van der Waals surface area contributed by atoms with Crippen LogP contribution >= 0.6 is 0 Å². The first kappa shape index (κ1) is 13.5. The van der Waals surface area contributed by atoms with Crippen LogP contribution in [-0.4, -0.2) is 23.9 Å². The standard InChI is InChI=1S/C15H23NO2/c1-2-18-11-13-7-4-3-6-12(13)10-16-14-8-5-9-15(14)17/h3-4,6-7,14-17H,2,5,8-11H2,1H3/t14-,15-/m0/s1. The van der Waals surface area contributed by atoms with Crippen LogP contribution in [0.2, 0.25) is 0 Å². The molecule has 0 saturated heterocycles. The van der Waals surface area contributed by atoms with Crippen molar-refractivity contribution in [2.24, 2.45) is 0 Å². The van der Waals surface area contributed by atoms with E-state index in [2.05, 4.69) is 23.5 Å². The number of benzene rings is 1. The molecule has 1 aromatic rings. The van der Waals surface area contributed by atoms with Crippen LogP contribution in [0.15, 0.2) is 24.3 Å². The van der Waals surface area contributed by atoms with Crippen LogP contribution in [0.5, 0.6) is 0 Å². The SMILES string of the molecule is CCOCc1ccccc1CN[C@H]1CCC[C@@H]1O. The Kier molecular flexibility index (Phi) is 5.17. The second-order valence-electron chi connectivity index (χ2n) is 4.89. The molecule has 0 radical (unpaired) electrons. The van der Waals surface area contributed by atoms with Gasteiger partial charge in [-0.15, -0.1) is 0 Å². The number of hydrogen-bond donors (Lipinski definition) is 2. The van der Waals surface area contributed by atoms with E-state index in [1.165, 1.54) is 11.1 Å². The summed E-state index contributed by atoms with van der Waals surface area (Å²) in [5.74, 6) is 0. The molecule has 0 spiro atoms. The van der Waals surface area contributed by atoms with Crippen molar-refractivity contribution >= 4 is 0 Å². The van der Waals surface area contributed by atoms with E-state index in [1.54, 1.807) is 0 Å². The molecule has 0 amide bonds. The van der Waals surface area contributed by atoms with Crippen LogP contribution in [-0.2, 0) is 17.9 Å². The lowest BCUT2D eigenvalue weighted by Crippen LogP contribution is -2.35. The molecule has 0 unspecified atom stereocenters. The highest BCUT2D eigenvalue weighted by Gasteiger charge is 2.24. The molecule has 3 nitrogen and oxygen atoms in total. The summed E-state index contributed by atoms with van der Waals surface area (Å²) in [6.45, 7) is 4.23. The van der Waals surface area contributed by atoms with Crippen LogP contribution < -0.4 is 5.32 Å². The first-order valence-corrected chi connectivity index (χ1v) is 6.87. The summed E-state index contributed by atoms with van der Waals surface area (Å²) in [5.41, 5.74) is 2.50. The van der Waals surface area contributed by atoms with Crippen LogP contribution in [0.25, 0.3) is 0 Å². The molecule has 2 N–H and O–H groups in total. The van der Waals surface area contributed by atoms with Crippen molar-refractivity contribution in [3.63, 3.8) is 0 Å². The summed E-state index contributed by atoms with van der Waals surface area (Å²) in [5, 5.41) is 13.2. The largest absolute Gasteiger partial charge is 0.392 e. The maximum atomic E-state index is 9.79. The van der Waals surface area contributed by atoms with Crippen molar-refractivity contribution in [1.82, 2.24) is 5.32 Å². The Hall–Kier alpha value is -0.900. The summed E-state index contributed by atoms with van der Waals surface area (Å²) in [6, 6.07) is 8.59. The highest BCUT2D eigenvalue weighted by Crippen LogP contribution is 2.19. The highest BCUT2D eigenvalue weighted by atomic mass is 16.5. The van der Waals surface area contributed by atoms with E-state index < -0.39 is 0 Å². The normalized spacial score (nSPS) is 23.4. The second kappa shape index (κ2) is 6.88. The number of hydrogen-bond acceptors (Lipinski definition) is 3. The first-order chi connectivity index (χ1) is 8.81. The Morgan fingerprint density at radius 3 is 2.72 bits per heavy atom. The van der Waals surface area contributed by atoms with Crippen LogP contribution in [0.4, 0.5) is 0 Å². The summed E-state index contributed by atoms with van der Waals surface area (Å²) in [7, 11) is 0. The van der Waals surface area contributed by atoms with E-state index in [1.807, 2.05) is 13.0 Å². The van der Waals surface area contributed by atoms with Crippen molar-refractivity contribution in [3.05, 3.63) is 35.4 Å². The number of rotatable bonds is 6. The maximum Gasteiger partial charge on any atom is 0.0719 e. The monoisotopic (exact) mass is 249 g/mol. The molecule has 0 heterocycles. The molecule has 1 aliphatic rings. The molecule has 0 aromatic heterocycles. The average Bonchev–Trinajstić information content (AvgIpc) is 2.80. The van der Waals surface area contributed by atoms with Gasteiger partial charge in [-0.05, 0) is 37.3 Å². The maximum absolute atomic E-state index is 9.79. The third-order valence-corrected chi connectivity index (χ3v) is 3.61. The van der Waals surface area contributed by atoms with Gasteiger partial charge < -0.3 is 15.2 Å². The molecule has 0 aliphatic heterocycles. The first-order valence-electron chi connectivity index (χ1n) is 6.87. The fourth-order valence-electron chi connectivity index (χ4n) is 2.50. The average molecular weight is 249 g/mol. The summed E-state index contributed by atoms with van der Waals surface area (Å²) in [4.78, 5) is 0.